The van der Waals surface area contributed by atoms with Crippen molar-refractivity contribution in [3.63, 3.8) is 0 Å². The first kappa shape index (κ1) is 16.7. The van der Waals surface area contributed by atoms with Gasteiger partial charge in [0.05, 0.1) is 5.69 Å². The lowest BCUT2D eigenvalue weighted by Gasteiger charge is -2.22. The van der Waals surface area contributed by atoms with Crippen LogP contribution in [0.1, 0.15) is 23.0 Å². The van der Waals surface area contributed by atoms with Gasteiger partial charge in [-0.3, -0.25) is 15.0 Å². The maximum Gasteiger partial charge on any atom is 0.344 e. The quantitative estimate of drug-likeness (QED) is 0.566. The van der Waals surface area contributed by atoms with Crippen LogP contribution in [-0.4, -0.2) is 27.8 Å². The fraction of sp³-hybridized carbons (Fsp3) is 0.125. The number of hydrogen-bond donors (Lipinski definition) is 3. The van der Waals surface area contributed by atoms with E-state index in [0.29, 0.717) is 10.6 Å². The summed E-state index contributed by atoms with van der Waals surface area (Å²) in [4.78, 5) is 41.0. The zero-order valence-corrected chi connectivity index (χ0v) is 13.9. The van der Waals surface area contributed by atoms with Gasteiger partial charge in [-0.15, -0.1) is 0 Å². The average molecular weight is 360 g/mol. The summed E-state index contributed by atoms with van der Waals surface area (Å²) in [5, 5.41) is 3.24. The molecule has 9 heteroatoms. The lowest BCUT2D eigenvalue weighted by molar-refractivity contribution is -0.132. The highest BCUT2D eigenvalue weighted by Gasteiger charge is 2.50. The third kappa shape index (κ3) is 2.87. The Kier molecular flexibility index (Phi) is 4.05. The number of nitrogens with zero attached hydrogens (tertiary/aromatic N) is 2. The Hall–Kier alpha value is -3.13. The van der Waals surface area contributed by atoms with E-state index in [1.807, 2.05) is 0 Å². The molecule has 3 rings (SSSR count). The normalized spacial score (nSPS) is 19.7. The van der Waals surface area contributed by atoms with Gasteiger partial charge in [0.25, 0.3) is 11.8 Å². The second-order valence-corrected chi connectivity index (χ2v) is 5.96. The van der Waals surface area contributed by atoms with Crippen molar-refractivity contribution >= 4 is 35.1 Å². The summed E-state index contributed by atoms with van der Waals surface area (Å²) in [7, 11) is 0. The van der Waals surface area contributed by atoms with Crippen LogP contribution in [0.2, 0.25) is 5.15 Å². The molecule has 1 aromatic heterocycles. The van der Waals surface area contributed by atoms with Gasteiger partial charge in [0.2, 0.25) is 0 Å². The van der Waals surface area contributed by atoms with E-state index in [1.54, 1.807) is 37.3 Å². The Morgan fingerprint density at radius 1 is 1.24 bits per heavy atom. The number of nitrogens with one attached hydrogen (secondary N) is 2. The molecule has 1 aromatic carbocycles. The number of anilines is 1. The standard InChI is InChI=1S/C16H14ClN5O3/c1-16(9-5-3-2-4-6-9)14(24)22(15(25)20-16)21-13(23)12-10(18)7-8-11(17)19-12/h2-8H,18H2,1H3,(H,20,25)(H,21,23). The van der Waals surface area contributed by atoms with Gasteiger partial charge in [0, 0.05) is 0 Å². The fourth-order valence-corrected chi connectivity index (χ4v) is 2.64. The number of nitrogen functional groups attached to an aromatic ring is 1. The maximum atomic E-state index is 12.7. The number of hydrazine groups is 1. The number of carbonyl (C=O) groups is 3. The molecule has 1 aliphatic rings. The number of pyridine rings is 1. The van der Waals surface area contributed by atoms with E-state index in [2.05, 4.69) is 15.7 Å². The van der Waals surface area contributed by atoms with E-state index in [-0.39, 0.29) is 16.5 Å². The predicted octanol–water partition coefficient (Wildman–Crippen LogP) is 1.43. The van der Waals surface area contributed by atoms with Crippen LogP contribution in [0.3, 0.4) is 0 Å². The van der Waals surface area contributed by atoms with Gasteiger partial charge in [-0.1, -0.05) is 41.9 Å². The molecule has 1 atom stereocenters. The molecule has 0 aliphatic carbocycles. The molecule has 4 N–H and O–H groups in total. The first-order chi connectivity index (χ1) is 11.8. The summed E-state index contributed by atoms with van der Waals surface area (Å²) in [5.41, 5.74) is 7.10. The molecule has 8 nitrogen and oxygen atoms in total. The van der Waals surface area contributed by atoms with Gasteiger partial charge in [0.1, 0.15) is 10.7 Å². The minimum absolute atomic E-state index is 0.0608. The van der Waals surface area contributed by atoms with Crippen LogP contribution in [0.15, 0.2) is 42.5 Å². The van der Waals surface area contributed by atoms with Gasteiger partial charge in [-0.2, -0.15) is 5.01 Å². The first-order valence-electron chi connectivity index (χ1n) is 7.28. The van der Waals surface area contributed by atoms with E-state index >= 15 is 0 Å². The first-order valence-corrected chi connectivity index (χ1v) is 7.66. The molecule has 1 aliphatic heterocycles. The molecule has 2 heterocycles. The zero-order valence-electron chi connectivity index (χ0n) is 13.1. The van der Waals surface area contributed by atoms with E-state index in [4.69, 9.17) is 17.3 Å². The summed E-state index contributed by atoms with van der Waals surface area (Å²) in [5.74, 6) is -1.45. The summed E-state index contributed by atoms with van der Waals surface area (Å²) in [6.45, 7) is 1.56. The third-order valence-corrected chi connectivity index (χ3v) is 4.07. The molecule has 25 heavy (non-hydrogen) atoms. The fourth-order valence-electron chi connectivity index (χ4n) is 2.49. The average Bonchev–Trinajstić information content (AvgIpc) is 2.82. The molecule has 0 spiro atoms. The van der Waals surface area contributed by atoms with E-state index < -0.39 is 23.4 Å². The highest BCUT2D eigenvalue weighted by Crippen LogP contribution is 2.27. The molecule has 1 fully saturated rings. The number of imide groups is 1. The third-order valence-electron chi connectivity index (χ3n) is 3.86. The van der Waals surface area contributed by atoms with Crippen molar-refractivity contribution in [3.05, 3.63) is 58.9 Å². The second kappa shape index (κ2) is 6.06. The van der Waals surface area contributed by atoms with Gasteiger partial charge in [-0.25, -0.2) is 9.78 Å². The molecule has 4 amide bonds. The van der Waals surface area contributed by atoms with Crippen LogP contribution < -0.4 is 16.5 Å². The van der Waals surface area contributed by atoms with E-state index in [9.17, 15) is 14.4 Å². The Bertz CT molecular complexity index is 873. The second-order valence-electron chi connectivity index (χ2n) is 5.57. The molecule has 0 radical (unpaired) electrons. The molecule has 0 bridgehead atoms. The van der Waals surface area contributed by atoms with Crippen LogP contribution in [-0.2, 0) is 10.3 Å². The van der Waals surface area contributed by atoms with Crippen molar-refractivity contribution in [3.8, 4) is 0 Å². The zero-order chi connectivity index (χ0) is 18.2. The Morgan fingerprint density at radius 3 is 2.60 bits per heavy atom. The lowest BCUT2D eigenvalue weighted by Crippen LogP contribution is -2.48. The van der Waals surface area contributed by atoms with Gasteiger partial charge in [-0.05, 0) is 24.6 Å². The lowest BCUT2D eigenvalue weighted by atomic mass is 9.92. The van der Waals surface area contributed by atoms with E-state index in [0.717, 1.165) is 0 Å². The monoisotopic (exact) mass is 359 g/mol. The SMILES string of the molecule is CC1(c2ccccc2)NC(=O)N(NC(=O)c2nc(Cl)ccc2N)C1=O. The van der Waals surface area contributed by atoms with E-state index in [1.165, 1.54) is 12.1 Å². The molecule has 128 valence electrons. The molecule has 1 saturated heterocycles. The summed E-state index contributed by atoms with van der Waals surface area (Å²) < 4.78 is 0. The van der Waals surface area contributed by atoms with Crippen molar-refractivity contribution in [2.24, 2.45) is 0 Å². The number of amides is 4. The summed E-state index contributed by atoms with van der Waals surface area (Å²) in [6, 6.07) is 10.8. The number of halogens is 1. The molecular formula is C16H14ClN5O3. The van der Waals surface area contributed by atoms with Crippen molar-refractivity contribution < 1.29 is 14.4 Å². The molecule has 0 saturated carbocycles. The van der Waals surface area contributed by atoms with Crippen LogP contribution in [0.25, 0.3) is 0 Å². The minimum Gasteiger partial charge on any atom is -0.397 e. The topological polar surface area (TPSA) is 117 Å². The Balaban J connectivity index is 1.86. The minimum atomic E-state index is -1.29. The number of nitrogens with two attached hydrogens (primary N) is 1. The highest BCUT2D eigenvalue weighted by atomic mass is 35.5. The van der Waals surface area contributed by atoms with Crippen molar-refractivity contribution in [1.29, 1.82) is 0 Å². The summed E-state index contributed by atoms with van der Waals surface area (Å²) >= 11 is 5.75. The van der Waals surface area contributed by atoms with Crippen LogP contribution in [0, 0.1) is 0 Å². The molecule has 1 unspecified atom stereocenters. The van der Waals surface area contributed by atoms with Crippen molar-refractivity contribution in [2.75, 3.05) is 5.73 Å². The molecule has 2 aromatic rings. The molecular weight excluding hydrogens is 346 g/mol. The number of carbonyl (C=O) groups excluding carboxylic acids is 3. The number of aromatic nitrogens is 1. The van der Waals surface area contributed by atoms with Crippen LogP contribution >= 0.6 is 11.6 Å². The smallest absolute Gasteiger partial charge is 0.344 e. The van der Waals surface area contributed by atoms with Gasteiger partial charge in [0.15, 0.2) is 5.69 Å². The largest absolute Gasteiger partial charge is 0.397 e. The number of urea groups is 1. The van der Waals surface area contributed by atoms with Crippen molar-refractivity contribution in [2.45, 2.75) is 12.5 Å². The Morgan fingerprint density at radius 2 is 1.92 bits per heavy atom. The Labute approximate surface area is 147 Å². The number of hydrogen-bond acceptors (Lipinski definition) is 5. The maximum absolute atomic E-state index is 12.7. The van der Waals surface area contributed by atoms with Crippen LogP contribution in [0.5, 0.6) is 0 Å². The van der Waals surface area contributed by atoms with Gasteiger partial charge < -0.3 is 11.1 Å². The number of rotatable bonds is 3. The summed E-state index contributed by atoms with van der Waals surface area (Å²) in [6.07, 6.45) is 0. The highest BCUT2D eigenvalue weighted by molar-refractivity contribution is 6.29. The number of benzene rings is 1. The predicted molar refractivity (Wildman–Crippen MR) is 90.3 cm³/mol. The van der Waals surface area contributed by atoms with Crippen molar-refractivity contribution in [1.82, 2.24) is 20.7 Å². The van der Waals surface area contributed by atoms with Gasteiger partial charge >= 0.3 is 6.03 Å². The van der Waals surface area contributed by atoms with Crippen LogP contribution in [0.4, 0.5) is 10.5 Å².